The van der Waals surface area contributed by atoms with Crippen LogP contribution in [-0.4, -0.2) is 64.4 Å². The number of aromatic nitrogens is 5. The number of pyridine rings is 1. The molecule has 1 saturated heterocycles. The van der Waals surface area contributed by atoms with Crippen LogP contribution in [0.3, 0.4) is 0 Å². The first-order valence-electron chi connectivity index (χ1n) is 14.1. The number of nitrogens with one attached hydrogen (secondary N) is 1. The van der Waals surface area contributed by atoms with Crippen molar-refractivity contribution in [3.05, 3.63) is 54.6 Å². The van der Waals surface area contributed by atoms with Crippen molar-refractivity contribution >= 4 is 37.9 Å². The first kappa shape index (κ1) is 27.6. The highest BCUT2D eigenvalue weighted by Gasteiger charge is 2.43. The van der Waals surface area contributed by atoms with Crippen LogP contribution in [0.2, 0.25) is 0 Å². The van der Waals surface area contributed by atoms with E-state index in [1.54, 1.807) is 23.1 Å². The molecular formula is C30H36FN7O2S. The van der Waals surface area contributed by atoms with Crippen LogP contribution >= 0.6 is 0 Å². The lowest BCUT2D eigenvalue weighted by atomic mass is 9.88. The predicted octanol–water partition coefficient (Wildman–Crippen LogP) is 5.37. The van der Waals surface area contributed by atoms with E-state index in [1.165, 1.54) is 11.8 Å². The molecule has 41 heavy (non-hydrogen) atoms. The predicted molar refractivity (Wildman–Crippen MR) is 160 cm³/mol. The molecule has 2 aliphatic rings. The summed E-state index contributed by atoms with van der Waals surface area (Å²) in [6.07, 6.45) is 10.3. The molecule has 4 heterocycles. The number of fused-ring (bicyclic) bond motifs is 1. The Labute approximate surface area is 240 Å². The summed E-state index contributed by atoms with van der Waals surface area (Å²) < 4.78 is 38.8. The van der Waals surface area contributed by atoms with Crippen molar-refractivity contribution in [3.63, 3.8) is 0 Å². The number of rotatable bonds is 10. The van der Waals surface area contributed by atoms with Crippen LogP contribution in [0.4, 0.5) is 21.7 Å². The van der Waals surface area contributed by atoms with Gasteiger partial charge in [-0.3, -0.25) is 9.07 Å². The number of nitrogens with zero attached hydrogens (tertiary/aromatic N) is 6. The monoisotopic (exact) mass is 577 g/mol. The maximum atomic E-state index is 13.3. The third-order valence-corrected chi connectivity index (χ3v) is 9.54. The molecule has 0 spiro atoms. The summed E-state index contributed by atoms with van der Waals surface area (Å²) in [7, 11) is -3.02. The minimum atomic E-state index is -3.02. The van der Waals surface area contributed by atoms with E-state index in [2.05, 4.69) is 59.3 Å². The van der Waals surface area contributed by atoms with Gasteiger partial charge >= 0.3 is 0 Å². The van der Waals surface area contributed by atoms with E-state index in [-0.39, 0.29) is 29.8 Å². The van der Waals surface area contributed by atoms with E-state index >= 15 is 0 Å². The Balaban J connectivity index is 1.25. The molecule has 1 aliphatic heterocycles. The zero-order chi connectivity index (χ0) is 28.9. The maximum absolute atomic E-state index is 13.3. The Morgan fingerprint density at radius 2 is 1.93 bits per heavy atom. The molecule has 3 aromatic heterocycles. The van der Waals surface area contributed by atoms with Gasteiger partial charge in [-0.25, -0.2) is 23.4 Å². The van der Waals surface area contributed by atoms with Crippen molar-refractivity contribution in [2.75, 3.05) is 35.4 Å². The zero-order valence-electron chi connectivity index (χ0n) is 23.9. The summed E-state index contributed by atoms with van der Waals surface area (Å²) in [4.78, 5) is 16.1. The molecular weight excluding hydrogens is 541 g/mol. The van der Waals surface area contributed by atoms with Gasteiger partial charge in [0.15, 0.2) is 5.82 Å². The number of halogens is 1. The second kappa shape index (κ2) is 10.3. The zero-order valence-corrected chi connectivity index (χ0v) is 24.7. The minimum Gasteiger partial charge on any atom is -0.368 e. The summed E-state index contributed by atoms with van der Waals surface area (Å²) in [5.41, 5.74) is 2.81. The van der Waals surface area contributed by atoms with E-state index in [1.807, 2.05) is 12.4 Å². The smallest absolute Gasteiger partial charge is 0.164 e. The van der Waals surface area contributed by atoms with Crippen molar-refractivity contribution < 1.29 is 12.8 Å². The summed E-state index contributed by atoms with van der Waals surface area (Å²) >= 11 is 0. The van der Waals surface area contributed by atoms with Crippen molar-refractivity contribution in [2.45, 2.75) is 52.1 Å². The van der Waals surface area contributed by atoms with Crippen molar-refractivity contribution in [2.24, 2.45) is 11.3 Å². The molecule has 0 unspecified atom stereocenters. The topological polar surface area (TPSA) is 106 Å². The van der Waals surface area contributed by atoms with E-state index in [0.29, 0.717) is 36.5 Å². The first-order valence-corrected chi connectivity index (χ1v) is 16.2. The van der Waals surface area contributed by atoms with Crippen molar-refractivity contribution in [1.29, 1.82) is 0 Å². The fourth-order valence-corrected chi connectivity index (χ4v) is 6.94. The average Bonchev–Trinajstić information content (AvgIpc) is 3.56. The summed E-state index contributed by atoms with van der Waals surface area (Å²) in [6.45, 7) is 7.39. The highest BCUT2D eigenvalue weighted by atomic mass is 32.2. The van der Waals surface area contributed by atoms with E-state index in [0.717, 1.165) is 34.9 Å². The first-order chi connectivity index (χ1) is 19.5. The van der Waals surface area contributed by atoms with Crippen molar-refractivity contribution in [3.8, 4) is 11.4 Å². The summed E-state index contributed by atoms with van der Waals surface area (Å²) in [5, 5.41) is 9.89. The van der Waals surface area contributed by atoms with Crippen LogP contribution in [0.25, 0.3) is 22.2 Å². The van der Waals surface area contributed by atoms with Gasteiger partial charge in [0.2, 0.25) is 0 Å². The lowest BCUT2D eigenvalue weighted by Gasteiger charge is -2.48. The molecule has 1 aromatic carbocycles. The minimum absolute atomic E-state index is 0.122. The summed E-state index contributed by atoms with van der Waals surface area (Å²) in [6, 6.07) is 8.28. The molecule has 2 fully saturated rings. The lowest BCUT2D eigenvalue weighted by Crippen LogP contribution is -2.57. The standard InChI is InChI=1S/C30H36FN7O2S/c1-19(2)23-5-6-26(38-15-22(20(38)3)16-41(4,39)40)25-13-33-28(11-24(23)25)35-27-7-10-32-29(36-27)21-12-34-37(14-21)18-30(17-31)8-9-30/h5-7,10-14,19-20,22H,8-9,15-18H2,1-4H3,(H,32,33,35,36)/t20-,22-/m1/s1. The number of alkyl halides is 1. The van der Waals surface area contributed by atoms with Gasteiger partial charge in [0.1, 0.15) is 21.5 Å². The van der Waals surface area contributed by atoms with Crippen LogP contribution < -0.4 is 10.2 Å². The molecule has 0 radical (unpaired) electrons. The SMILES string of the molecule is CC(C)c1ccc(N2C[C@H](CS(C)(=O)=O)[C@H]2C)c2cnc(Nc3ccnc(-c4cnn(CC5(CF)CC5)c4)n3)cc12. The highest BCUT2D eigenvalue weighted by Crippen LogP contribution is 2.47. The molecule has 4 aromatic rings. The third kappa shape index (κ3) is 5.64. The van der Waals surface area contributed by atoms with Gasteiger partial charge in [0.05, 0.1) is 24.2 Å². The van der Waals surface area contributed by atoms with Gasteiger partial charge in [-0.15, -0.1) is 0 Å². The quantitative estimate of drug-likeness (QED) is 0.268. The van der Waals surface area contributed by atoms with Crippen LogP contribution in [-0.2, 0) is 16.4 Å². The molecule has 9 nitrogen and oxygen atoms in total. The fourth-order valence-electron chi connectivity index (χ4n) is 5.77. The second-order valence-electron chi connectivity index (χ2n) is 12.1. The van der Waals surface area contributed by atoms with Crippen molar-refractivity contribution in [1.82, 2.24) is 24.7 Å². The highest BCUT2D eigenvalue weighted by molar-refractivity contribution is 7.90. The maximum Gasteiger partial charge on any atom is 0.164 e. The molecule has 1 aliphatic carbocycles. The third-order valence-electron chi connectivity index (χ3n) is 8.51. The van der Waals surface area contributed by atoms with E-state index < -0.39 is 9.84 Å². The second-order valence-corrected chi connectivity index (χ2v) is 14.3. The van der Waals surface area contributed by atoms with Gasteiger partial charge in [-0.05, 0) is 54.8 Å². The number of anilines is 3. The molecule has 6 rings (SSSR count). The van der Waals surface area contributed by atoms with Gasteiger partial charge < -0.3 is 10.2 Å². The van der Waals surface area contributed by atoms with Crippen LogP contribution in [0.15, 0.2) is 49.1 Å². The van der Waals surface area contributed by atoms with Gasteiger partial charge in [0, 0.05) is 66.4 Å². The number of sulfone groups is 1. The summed E-state index contributed by atoms with van der Waals surface area (Å²) in [5.74, 6) is 2.45. The lowest BCUT2D eigenvalue weighted by molar-refractivity contribution is 0.294. The van der Waals surface area contributed by atoms with E-state index in [9.17, 15) is 12.8 Å². The molecule has 0 amide bonds. The van der Waals surface area contributed by atoms with Gasteiger partial charge in [-0.1, -0.05) is 19.9 Å². The van der Waals surface area contributed by atoms with Gasteiger partial charge in [0.25, 0.3) is 0 Å². The Bertz CT molecular complexity index is 1700. The molecule has 1 saturated carbocycles. The largest absolute Gasteiger partial charge is 0.368 e. The van der Waals surface area contributed by atoms with Crippen LogP contribution in [0.1, 0.15) is 45.1 Å². The molecule has 0 bridgehead atoms. The van der Waals surface area contributed by atoms with Gasteiger partial charge in [-0.2, -0.15) is 5.10 Å². The molecule has 216 valence electrons. The average molecular weight is 578 g/mol. The van der Waals surface area contributed by atoms with Crippen LogP contribution in [0, 0.1) is 11.3 Å². The Morgan fingerprint density at radius 1 is 1.12 bits per heavy atom. The Hall–Kier alpha value is -3.60. The molecule has 2 atom stereocenters. The molecule has 1 N–H and O–H groups in total. The Kier molecular flexibility index (Phi) is 6.96. The number of hydrogen-bond acceptors (Lipinski definition) is 8. The number of benzene rings is 1. The Morgan fingerprint density at radius 3 is 2.61 bits per heavy atom. The number of hydrogen-bond donors (Lipinski definition) is 1. The molecule has 11 heteroatoms. The van der Waals surface area contributed by atoms with E-state index in [4.69, 9.17) is 9.97 Å². The fraction of sp³-hybridized carbons (Fsp3) is 0.467. The van der Waals surface area contributed by atoms with Crippen LogP contribution in [0.5, 0.6) is 0 Å². The normalized spacial score (nSPS) is 19.9.